The Morgan fingerprint density at radius 2 is 1.82 bits per heavy atom. The van der Waals surface area contributed by atoms with Crippen LogP contribution in [0.1, 0.15) is 13.8 Å². The second-order valence-corrected chi connectivity index (χ2v) is 3.70. The van der Waals surface area contributed by atoms with Crippen molar-refractivity contribution in [2.75, 3.05) is 18.0 Å². The van der Waals surface area contributed by atoms with Crippen molar-refractivity contribution < 1.29 is 14.5 Å². The van der Waals surface area contributed by atoms with Gasteiger partial charge in [0.15, 0.2) is 0 Å². The highest BCUT2D eigenvalue weighted by Gasteiger charge is 2.26. The lowest BCUT2D eigenvalue weighted by molar-refractivity contribution is -0.882. The van der Waals surface area contributed by atoms with Crippen molar-refractivity contribution in [2.45, 2.75) is 13.8 Å². The van der Waals surface area contributed by atoms with Crippen LogP contribution in [0.2, 0.25) is 0 Å². The van der Waals surface area contributed by atoms with E-state index in [1.54, 1.807) is 24.3 Å². The van der Waals surface area contributed by atoms with E-state index < -0.39 is 0 Å². The van der Waals surface area contributed by atoms with Crippen molar-refractivity contribution in [3.63, 3.8) is 0 Å². The van der Waals surface area contributed by atoms with Gasteiger partial charge in [0, 0.05) is 11.2 Å². The quantitative estimate of drug-likeness (QED) is 0.601. The topological polar surface area (TPSA) is 66.1 Å². The van der Waals surface area contributed by atoms with Crippen molar-refractivity contribution in [3.05, 3.63) is 29.2 Å². The number of aromatic nitrogens is 3. The molecule has 0 fully saturated rings. The minimum atomic E-state index is 0.378. The van der Waals surface area contributed by atoms with Crippen molar-refractivity contribution >= 4 is 17.0 Å². The maximum absolute atomic E-state index is 11.8. The highest BCUT2D eigenvalue weighted by molar-refractivity contribution is 5.66. The molecule has 1 aromatic carbocycles. The molecule has 0 bridgehead atoms. The molecule has 1 heterocycles. The van der Waals surface area contributed by atoms with Crippen LogP contribution in [0.5, 0.6) is 0 Å². The molecule has 90 valence electrons. The molecule has 6 heteroatoms. The zero-order valence-corrected chi connectivity index (χ0v) is 9.92. The molecule has 6 nitrogen and oxygen atoms in total. The molecule has 0 saturated heterocycles. The van der Waals surface area contributed by atoms with E-state index in [4.69, 9.17) is 0 Å². The number of nitrogens with zero attached hydrogens (tertiary/aromatic N) is 3. The lowest BCUT2D eigenvalue weighted by atomic mass is 10.3. The van der Waals surface area contributed by atoms with E-state index in [1.807, 2.05) is 18.7 Å². The number of benzene rings is 1. The Morgan fingerprint density at radius 1 is 1.24 bits per heavy atom. The Morgan fingerprint density at radius 3 is 2.41 bits per heavy atom. The van der Waals surface area contributed by atoms with Crippen molar-refractivity contribution in [1.29, 1.82) is 0 Å². The predicted octanol–water partition coefficient (Wildman–Crippen LogP) is 0.453. The zero-order chi connectivity index (χ0) is 12.4. The fraction of sp³-hybridized carbons (Fsp3) is 0.364. The summed E-state index contributed by atoms with van der Waals surface area (Å²) < 4.78 is 1.67. The average molecular weight is 236 g/mol. The van der Waals surface area contributed by atoms with Crippen LogP contribution < -0.4 is 14.2 Å². The Labute approximate surface area is 98.3 Å². The summed E-state index contributed by atoms with van der Waals surface area (Å²) >= 11 is 0. The SMILES string of the molecule is CCN(CC)c1[nH][n+](=O)c2ccccc2[n+]1O. The number of hydrogen-bond donors (Lipinski definition) is 2. The number of H-pyrrole nitrogens is 1. The normalized spacial score (nSPS) is 10.7. The van der Waals surface area contributed by atoms with E-state index in [0.29, 0.717) is 34.6 Å². The van der Waals surface area contributed by atoms with Gasteiger partial charge in [-0.05, 0) is 24.6 Å². The first kappa shape index (κ1) is 11.4. The Kier molecular flexibility index (Phi) is 2.95. The van der Waals surface area contributed by atoms with Crippen LogP contribution in [0.3, 0.4) is 0 Å². The van der Waals surface area contributed by atoms with Gasteiger partial charge in [0.25, 0.3) is 0 Å². The molecule has 0 saturated carbocycles. The van der Waals surface area contributed by atoms with E-state index in [1.165, 1.54) is 0 Å². The summed E-state index contributed by atoms with van der Waals surface area (Å²) in [4.78, 5) is 13.7. The molecule has 0 radical (unpaired) electrons. The van der Waals surface area contributed by atoms with Crippen LogP contribution in [0.25, 0.3) is 11.0 Å². The number of rotatable bonds is 3. The molecule has 0 atom stereocenters. The molecule has 2 aromatic rings. The third-order valence-corrected chi connectivity index (χ3v) is 2.79. The third-order valence-electron chi connectivity index (χ3n) is 2.79. The number of para-hydroxylation sites is 2. The number of fused-ring (bicyclic) bond motifs is 1. The minimum absolute atomic E-state index is 0.378. The second-order valence-electron chi connectivity index (χ2n) is 3.70. The number of anilines is 1. The maximum atomic E-state index is 11.8. The monoisotopic (exact) mass is 236 g/mol. The summed E-state index contributed by atoms with van der Waals surface area (Å²) in [7, 11) is 0. The van der Waals surface area contributed by atoms with Gasteiger partial charge in [-0.2, -0.15) is 0 Å². The molecule has 17 heavy (non-hydrogen) atoms. The number of aromatic amines is 1. The number of nitrogens with one attached hydrogen (secondary N) is 1. The van der Waals surface area contributed by atoms with Crippen LogP contribution in [0.4, 0.5) is 5.95 Å². The molecule has 0 unspecified atom stereocenters. The van der Waals surface area contributed by atoms with Gasteiger partial charge in [0.2, 0.25) is 10.1 Å². The van der Waals surface area contributed by atoms with Crippen LogP contribution >= 0.6 is 0 Å². The highest BCUT2D eigenvalue weighted by Crippen LogP contribution is 2.07. The summed E-state index contributed by atoms with van der Waals surface area (Å²) in [6, 6.07) is 6.88. The van der Waals surface area contributed by atoms with Crippen LogP contribution in [-0.2, 0) is 0 Å². The van der Waals surface area contributed by atoms with E-state index in [-0.39, 0.29) is 0 Å². The van der Waals surface area contributed by atoms with Gasteiger partial charge in [0.1, 0.15) is 0 Å². The summed E-state index contributed by atoms with van der Waals surface area (Å²) in [6.45, 7) is 5.32. The van der Waals surface area contributed by atoms with Gasteiger partial charge in [-0.15, -0.1) is 0 Å². The summed E-state index contributed by atoms with van der Waals surface area (Å²) in [5.74, 6) is 0.378. The molecular formula is C11H16N4O2+2. The van der Waals surface area contributed by atoms with E-state index in [9.17, 15) is 10.1 Å². The Hall–Kier alpha value is -2.11. The standard InChI is InChI=1S/C11H15N4O2/c1-3-13(4-2)11-12-15(17)10-8-6-5-7-9(10)14(11)16/h5-8,16H,3-4H2,1-2H3/q+1/p+1. The van der Waals surface area contributed by atoms with E-state index in [2.05, 4.69) is 5.10 Å². The summed E-state index contributed by atoms with van der Waals surface area (Å²) in [5.41, 5.74) is 0.869. The molecule has 2 rings (SSSR count). The van der Waals surface area contributed by atoms with Gasteiger partial charge >= 0.3 is 11.5 Å². The maximum Gasteiger partial charge on any atom is 0.451 e. The smallest absolute Gasteiger partial charge is 0.371 e. The molecule has 0 spiro atoms. The van der Waals surface area contributed by atoms with Crippen LogP contribution in [0.15, 0.2) is 24.3 Å². The number of hydrogen-bond acceptors (Lipinski definition) is 3. The molecule has 1 aromatic heterocycles. The Balaban J connectivity index is 2.75. The fourth-order valence-corrected chi connectivity index (χ4v) is 1.86. The van der Waals surface area contributed by atoms with Gasteiger partial charge in [-0.25, -0.2) is 0 Å². The van der Waals surface area contributed by atoms with Crippen LogP contribution in [0, 0.1) is 4.91 Å². The summed E-state index contributed by atoms with van der Waals surface area (Å²) in [6.07, 6.45) is 0. The van der Waals surface area contributed by atoms with Gasteiger partial charge in [0.05, 0.1) is 18.0 Å². The molecule has 2 N–H and O–H groups in total. The van der Waals surface area contributed by atoms with Gasteiger partial charge < -0.3 is 5.21 Å². The third kappa shape index (κ3) is 1.82. The van der Waals surface area contributed by atoms with Crippen molar-refractivity contribution in [3.8, 4) is 0 Å². The molecular weight excluding hydrogens is 220 g/mol. The first-order valence-electron chi connectivity index (χ1n) is 5.62. The summed E-state index contributed by atoms with van der Waals surface area (Å²) in [5, 5.41) is 12.7. The van der Waals surface area contributed by atoms with Crippen molar-refractivity contribution in [1.82, 2.24) is 5.10 Å². The first-order chi connectivity index (χ1) is 8.19. The Bertz CT molecular complexity index is 590. The molecule has 0 aliphatic rings. The lowest BCUT2D eigenvalue weighted by Crippen LogP contribution is -2.46. The largest absolute Gasteiger partial charge is 0.451 e. The van der Waals surface area contributed by atoms with E-state index >= 15 is 0 Å². The predicted molar refractivity (Wildman–Crippen MR) is 62.6 cm³/mol. The minimum Gasteiger partial charge on any atom is -0.371 e. The van der Waals surface area contributed by atoms with E-state index in [0.717, 1.165) is 4.73 Å². The average Bonchev–Trinajstić information content (AvgIpc) is 2.37. The molecule has 0 aliphatic carbocycles. The van der Waals surface area contributed by atoms with Gasteiger partial charge in [-0.3, -0.25) is 4.90 Å². The molecule has 0 aliphatic heterocycles. The lowest BCUT2D eigenvalue weighted by Gasteiger charge is -2.11. The zero-order valence-electron chi connectivity index (χ0n) is 9.92. The fourth-order valence-electron chi connectivity index (χ4n) is 1.86. The molecule has 0 amide bonds. The van der Waals surface area contributed by atoms with Gasteiger partial charge in [-0.1, -0.05) is 12.1 Å². The highest BCUT2D eigenvalue weighted by atomic mass is 16.5. The first-order valence-corrected chi connectivity index (χ1v) is 5.62. The van der Waals surface area contributed by atoms with Crippen LogP contribution in [-0.4, -0.2) is 23.4 Å². The second kappa shape index (κ2) is 4.40. The van der Waals surface area contributed by atoms with Crippen molar-refractivity contribution in [2.24, 2.45) is 0 Å².